The average molecular weight is 768 g/mol. The standard InChI is InChI=1S/C45H49N7O5/c53-43(34-20-25-56-26-21-34)50-40(33-7-2-1-3-8-33)45(55)52-23-5-10-38(52)42-47-28-36(49-42)32-18-14-30(15-19-32)29-12-16-31(17-13-29)35-27-46-41(48-35)37-9-4-22-51(37)44(54)39-11-6-24-57-39/h1-3,7-8,12-19,27-28,34,37-40H,4-6,9-11,20-26H2,(H,46,48)(H,47,49)(H,50,53)/t37-,38-,39-,40+/m0/s1. The molecule has 12 heteroatoms. The highest BCUT2D eigenvalue weighted by molar-refractivity contribution is 5.90. The second kappa shape index (κ2) is 16.5. The van der Waals surface area contributed by atoms with E-state index in [1.165, 1.54) is 0 Å². The predicted octanol–water partition coefficient (Wildman–Crippen LogP) is 6.92. The topological polar surface area (TPSA) is 146 Å². The zero-order valence-electron chi connectivity index (χ0n) is 32.1. The minimum absolute atomic E-state index is 0.0488. The van der Waals surface area contributed by atoms with E-state index in [2.05, 4.69) is 63.8 Å². The third-order valence-electron chi connectivity index (χ3n) is 12.1. The molecule has 0 radical (unpaired) electrons. The Hall–Kier alpha value is -5.59. The zero-order valence-corrected chi connectivity index (χ0v) is 32.1. The van der Waals surface area contributed by atoms with Crippen LogP contribution in [0.1, 0.15) is 86.7 Å². The van der Waals surface area contributed by atoms with Crippen LogP contribution in [-0.4, -0.2) is 86.5 Å². The Bertz CT molecular complexity index is 2170. The Balaban J connectivity index is 0.857. The van der Waals surface area contributed by atoms with Gasteiger partial charge in [-0.15, -0.1) is 0 Å². The molecule has 3 aromatic carbocycles. The lowest BCUT2D eigenvalue weighted by Crippen LogP contribution is -2.45. The van der Waals surface area contributed by atoms with Crippen LogP contribution >= 0.6 is 0 Å². The molecule has 294 valence electrons. The van der Waals surface area contributed by atoms with Crippen molar-refractivity contribution in [1.82, 2.24) is 35.1 Å². The molecular weight excluding hydrogens is 719 g/mol. The number of hydrogen-bond donors (Lipinski definition) is 3. The van der Waals surface area contributed by atoms with Crippen molar-refractivity contribution in [3.05, 3.63) is 108 Å². The van der Waals surface area contributed by atoms with Crippen LogP contribution in [0, 0.1) is 5.92 Å². The molecule has 0 spiro atoms. The molecule has 12 nitrogen and oxygen atoms in total. The Morgan fingerprint density at radius 3 is 1.79 bits per heavy atom. The first-order valence-corrected chi connectivity index (χ1v) is 20.5. The molecule has 0 aliphatic carbocycles. The number of nitrogens with one attached hydrogen (secondary N) is 3. The van der Waals surface area contributed by atoms with Crippen LogP contribution in [0.25, 0.3) is 33.6 Å². The second-order valence-corrected chi connectivity index (χ2v) is 15.6. The summed E-state index contributed by atoms with van der Waals surface area (Å²) in [5.41, 5.74) is 6.80. The Morgan fingerprint density at radius 2 is 1.21 bits per heavy atom. The molecule has 0 saturated carbocycles. The highest BCUT2D eigenvalue weighted by atomic mass is 16.5. The number of amides is 3. The number of aromatic amines is 2. The molecule has 6 heterocycles. The number of hydrogen-bond acceptors (Lipinski definition) is 7. The van der Waals surface area contributed by atoms with Gasteiger partial charge in [0.05, 0.1) is 35.9 Å². The van der Waals surface area contributed by atoms with Crippen LogP contribution in [0.3, 0.4) is 0 Å². The lowest BCUT2D eigenvalue weighted by molar-refractivity contribution is -0.142. The summed E-state index contributed by atoms with van der Waals surface area (Å²) < 4.78 is 11.1. The minimum Gasteiger partial charge on any atom is -0.381 e. The summed E-state index contributed by atoms with van der Waals surface area (Å²) >= 11 is 0. The number of ether oxygens (including phenoxy) is 2. The minimum atomic E-state index is -0.771. The summed E-state index contributed by atoms with van der Waals surface area (Å²) in [6, 6.07) is 25.3. The van der Waals surface area contributed by atoms with Gasteiger partial charge >= 0.3 is 0 Å². The van der Waals surface area contributed by atoms with E-state index in [1.807, 2.05) is 52.5 Å². The number of H-pyrrole nitrogens is 2. The van der Waals surface area contributed by atoms with Crippen molar-refractivity contribution < 1.29 is 23.9 Å². The zero-order chi connectivity index (χ0) is 38.7. The van der Waals surface area contributed by atoms with Crippen molar-refractivity contribution in [1.29, 1.82) is 0 Å². The maximum absolute atomic E-state index is 14.3. The normalized spacial score (nSPS) is 21.9. The molecule has 4 atom stereocenters. The molecule has 3 amide bonds. The number of aromatic nitrogens is 4. The molecule has 0 unspecified atom stereocenters. The predicted molar refractivity (Wildman–Crippen MR) is 214 cm³/mol. The highest BCUT2D eigenvalue weighted by Crippen LogP contribution is 2.36. The van der Waals surface area contributed by atoms with E-state index >= 15 is 0 Å². The van der Waals surface area contributed by atoms with Crippen molar-refractivity contribution in [2.24, 2.45) is 5.92 Å². The molecule has 2 aromatic heterocycles. The van der Waals surface area contributed by atoms with Gasteiger partial charge in [0.25, 0.3) is 5.91 Å². The molecular formula is C45H49N7O5. The lowest BCUT2D eigenvalue weighted by atomic mass is 9.97. The number of likely N-dealkylation sites (tertiary alicyclic amines) is 2. The first-order chi connectivity index (χ1) is 28.0. The molecule has 0 bridgehead atoms. The first-order valence-electron chi connectivity index (χ1n) is 20.5. The van der Waals surface area contributed by atoms with Crippen molar-refractivity contribution in [2.75, 3.05) is 32.9 Å². The van der Waals surface area contributed by atoms with Crippen LogP contribution in [0.5, 0.6) is 0 Å². The van der Waals surface area contributed by atoms with Crippen molar-refractivity contribution >= 4 is 17.7 Å². The second-order valence-electron chi connectivity index (χ2n) is 15.6. The van der Waals surface area contributed by atoms with E-state index in [0.29, 0.717) is 39.2 Å². The van der Waals surface area contributed by atoms with E-state index in [4.69, 9.17) is 19.4 Å². The van der Waals surface area contributed by atoms with Gasteiger partial charge in [-0.2, -0.15) is 0 Å². The van der Waals surface area contributed by atoms with Crippen LogP contribution < -0.4 is 5.32 Å². The third-order valence-corrected chi connectivity index (χ3v) is 12.1. The fourth-order valence-corrected chi connectivity index (χ4v) is 8.90. The van der Waals surface area contributed by atoms with Gasteiger partial charge < -0.3 is 34.6 Å². The van der Waals surface area contributed by atoms with Crippen molar-refractivity contribution in [3.63, 3.8) is 0 Å². The SMILES string of the molecule is O=C(N[C@@H](C(=O)N1CCC[C@H]1c1ncc(-c2ccc(-c3ccc(-c4cnc([C@@H]5CCCN5C(=O)[C@@H]5CCCO5)[nH]4)cc3)cc2)[nH]1)c1ccccc1)C1CCOCC1. The maximum atomic E-state index is 14.3. The summed E-state index contributed by atoms with van der Waals surface area (Å²) in [5, 5.41) is 3.10. The molecule has 4 fully saturated rings. The van der Waals surface area contributed by atoms with E-state index < -0.39 is 6.04 Å². The van der Waals surface area contributed by atoms with Gasteiger partial charge in [-0.25, -0.2) is 9.97 Å². The molecule has 4 aliphatic heterocycles. The quantitative estimate of drug-likeness (QED) is 0.140. The fourth-order valence-electron chi connectivity index (χ4n) is 8.90. The highest BCUT2D eigenvalue weighted by Gasteiger charge is 2.39. The number of carbonyl (C=O) groups is 3. The number of nitrogens with zero attached hydrogens (tertiary/aromatic N) is 4. The van der Waals surface area contributed by atoms with Crippen molar-refractivity contribution in [2.45, 2.75) is 75.6 Å². The number of benzene rings is 3. The summed E-state index contributed by atoms with van der Waals surface area (Å²) in [4.78, 5) is 61.0. The maximum Gasteiger partial charge on any atom is 0.252 e. The van der Waals surface area contributed by atoms with Gasteiger partial charge in [0.2, 0.25) is 11.8 Å². The van der Waals surface area contributed by atoms with E-state index in [-0.39, 0.29) is 41.8 Å². The summed E-state index contributed by atoms with van der Waals surface area (Å²) in [5.74, 6) is 1.28. The number of carbonyl (C=O) groups excluding carboxylic acids is 3. The monoisotopic (exact) mass is 767 g/mol. The van der Waals surface area contributed by atoms with E-state index in [9.17, 15) is 14.4 Å². The first kappa shape index (κ1) is 37.0. The Kier molecular flexibility index (Phi) is 10.7. The van der Waals surface area contributed by atoms with Gasteiger partial charge in [-0.05, 0) is 79.2 Å². The molecule has 3 N–H and O–H groups in total. The fraction of sp³-hybridized carbons (Fsp3) is 0.400. The van der Waals surface area contributed by atoms with Crippen LogP contribution in [-0.2, 0) is 23.9 Å². The third kappa shape index (κ3) is 7.76. The summed E-state index contributed by atoms with van der Waals surface area (Å²) in [6.07, 6.45) is 9.93. The average Bonchev–Trinajstić information content (AvgIpc) is 4.13. The smallest absolute Gasteiger partial charge is 0.252 e. The van der Waals surface area contributed by atoms with Crippen LogP contribution in [0.2, 0.25) is 0 Å². The van der Waals surface area contributed by atoms with Gasteiger partial charge in [0.1, 0.15) is 23.8 Å². The van der Waals surface area contributed by atoms with Gasteiger partial charge in [-0.1, -0.05) is 78.9 Å². The van der Waals surface area contributed by atoms with Gasteiger partial charge in [-0.3, -0.25) is 14.4 Å². The van der Waals surface area contributed by atoms with E-state index in [0.717, 1.165) is 95.9 Å². The van der Waals surface area contributed by atoms with Crippen molar-refractivity contribution in [3.8, 4) is 33.6 Å². The molecule has 4 aliphatic rings. The number of imidazole rings is 2. The van der Waals surface area contributed by atoms with Crippen LogP contribution in [0.4, 0.5) is 0 Å². The van der Waals surface area contributed by atoms with Gasteiger partial charge in [0, 0.05) is 38.8 Å². The Morgan fingerprint density at radius 1 is 0.649 bits per heavy atom. The number of rotatable bonds is 10. The lowest BCUT2D eigenvalue weighted by Gasteiger charge is -2.30. The Labute approximate surface area is 332 Å². The molecule has 9 rings (SSSR count). The van der Waals surface area contributed by atoms with Crippen LogP contribution in [0.15, 0.2) is 91.3 Å². The van der Waals surface area contributed by atoms with Gasteiger partial charge in [0.15, 0.2) is 0 Å². The molecule has 4 saturated heterocycles. The summed E-state index contributed by atoms with van der Waals surface area (Å²) in [7, 11) is 0. The molecule has 57 heavy (non-hydrogen) atoms. The summed E-state index contributed by atoms with van der Waals surface area (Å²) in [6.45, 7) is 3.12. The molecule has 5 aromatic rings. The van der Waals surface area contributed by atoms with E-state index in [1.54, 1.807) is 0 Å². The largest absolute Gasteiger partial charge is 0.381 e.